The van der Waals surface area contributed by atoms with E-state index in [1.54, 1.807) is 12.1 Å². The Morgan fingerprint density at radius 1 is 1.29 bits per heavy atom. The molecular weight excluding hydrogens is 334 g/mol. The van der Waals surface area contributed by atoms with Gasteiger partial charge < -0.3 is 5.11 Å². The Labute approximate surface area is 137 Å². The first-order chi connectivity index (χ1) is 11.5. The molecule has 0 aliphatic carbocycles. The van der Waals surface area contributed by atoms with Crippen LogP contribution in [0.2, 0.25) is 0 Å². The highest BCUT2D eigenvalue weighted by Gasteiger charge is 2.54. The average molecular weight is 349 g/mol. The molecule has 3 heterocycles. The molecule has 24 heavy (non-hydrogen) atoms. The Balaban J connectivity index is 1.72. The number of nitrogens with zero attached hydrogens (tertiary/aromatic N) is 5. The van der Waals surface area contributed by atoms with Crippen LogP contribution in [0, 0.1) is 5.92 Å². The Hall–Kier alpha value is -2.33. The summed E-state index contributed by atoms with van der Waals surface area (Å²) in [6, 6.07) is 5.63. The van der Waals surface area contributed by atoms with E-state index < -0.39 is 28.0 Å². The van der Waals surface area contributed by atoms with Crippen LogP contribution in [0.3, 0.4) is 0 Å². The Kier molecular flexibility index (Phi) is 3.39. The van der Waals surface area contributed by atoms with Crippen molar-refractivity contribution in [1.29, 1.82) is 0 Å². The number of benzene rings is 1. The van der Waals surface area contributed by atoms with E-state index in [4.69, 9.17) is 0 Å². The quantitative estimate of drug-likeness (QED) is 0.842. The first-order valence-corrected chi connectivity index (χ1v) is 9.02. The molecule has 2 aliphatic rings. The second-order valence-corrected chi connectivity index (χ2v) is 7.91. The molecule has 2 saturated heterocycles. The highest BCUT2D eigenvalue weighted by Crippen LogP contribution is 2.45. The summed E-state index contributed by atoms with van der Waals surface area (Å²) in [6.07, 6.45) is 3.06. The van der Waals surface area contributed by atoms with Crippen LogP contribution in [0.5, 0.6) is 0 Å². The van der Waals surface area contributed by atoms with E-state index in [0.717, 1.165) is 0 Å². The maximum Gasteiger partial charge on any atom is 0.308 e. The van der Waals surface area contributed by atoms with Crippen LogP contribution in [-0.2, 0) is 14.8 Å². The lowest BCUT2D eigenvalue weighted by atomic mass is 9.89. The van der Waals surface area contributed by atoms with Crippen LogP contribution in [0.15, 0.2) is 35.5 Å². The summed E-state index contributed by atoms with van der Waals surface area (Å²) < 4.78 is 28.9. The van der Waals surface area contributed by atoms with Crippen molar-refractivity contribution in [2.75, 3.05) is 0 Å². The van der Waals surface area contributed by atoms with Crippen LogP contribution >= 0.6 is 0 Å². The summed E-state index contributed by atoms with van der Waals surface area (Å²) >= 11 is 0. The number of carboxylic acids is 1. The number of tetrazole rings is 1. The molecule has 126 valence electrons. The minimum Gasteiger partial charge on any atom is -0.481 e. The zero-order chi connectivity index (χ0) is 16.9. The zero-order valence-electron chi connectivity index (χ0n) is 12.6. The van der Waals surface area contributed by atoms with Gasteiger partial charge in [-0.3, -0.25) is 4.79 Å². The monoisotopic (exact) mass is 349 g/mol. The third kappa shape index (κ3) is 2.21. The van der Waals surface area contributed by atoms with Gasteiger partial charge in [-0.05, 0) is 47.9 Å². The van der Waals surface area contributed by atoms with Gasteiger partial charge in [-0.2, -0.15) is 4.31 Å². The summed E-state index contributed by atoms with van der Waals surface area (Å²) in [4.78, 5) is 11.5. The van der Waals surface area contributed by atoms with Gasteiger partial charge in [0.15, 0.2) is 0 Å². The molecular formula is C14H15N5O4S. The summed E-state index contributed by atoms with van der Waals surface area (Å²) in [5.41, 5.74) is 0.530. The first-order valence-electron chi connectivity index (χ1n) is 7.58. The standard InChI is InChI=1S/C14H15N5O4S/c20-14(21)12-7-10-4-5-13(12)19(10)24(22,23)11-3-1-2-9(6-11)18-8-15-16-17-18/h1-3,6,8,10,12-13H,4-5,7H2,(H,20,21). The molecule has 3 atom stereocenters. The van der Waals surface area contributed by atoms with Gasteiger partial charge in [-0.1, -0.05) is 6.07 Å². The normalized spacial score (nSPS) is 26.8. The molecule has 0 radical (unpaired) electrons. The molecule has 1 aromatic carbocycles. The molecule has 1 N–H and O–H groups in total. The van der Waals surface area contributed by atoms with Crippen molar-refractivity contribution in [3.8, 4) is 5.69 Å². The van der Waals surface area contributed by atoms with Crippen LogP contribution in [-0.4, -0.2) is 56.1 Å². The third-order valence-corrected chi connectivity index (χ3v) is 6.77. The van der Waals surface area contributed by atoms with Gasteiger partial charge in [-0.15, -0.1) is 5.10 Å². The van der Waals surface area contributed by atoms with Crippen molar-refractivity contribution in [3.05, 3.63) is 30.6 Å². The number of aliphatic carboxylic acids is 1. The minimum absolute atomic E-state index is 0.124. The zero-order valence-corrected chi connectivity index (χ0v) is 13.4. The van der Waals surface area contributed by atoms with Gasteiger partial charge in [-0.25, -0.2) is 13.1 Å². The molecule has 0 saturated carbocycles. The van der Waals surface area contributed by atoms with Gasteiger partial charge >= 0.3 is 5.97 Å². The molecule has 2 bridgehead atoms. The molecule has 9 nitrogen and oxygen atoms in total. The van der Waals surface area contributed by atoms with Crippen LogP contribution in [0.25, 0.3) is 5.69 Å². The van der Waals surface area contributed by atoms with Crippen molar-refractivity contribution < 1.29 is 18.3 Å². The van der Waals surface area contributed by atoms with Crippen molar-refractivity contribution >= 4 is 16.0 Å². The van der Waals surface area contributed by atoms with Crippen molar-refractivity contribution in [3.63, 3.8) is 0 Å². The Morgan fingerprint density at radius 2 is 2.12 bits per heavy atom. The van der Waals surface area contributed by atoms with E-state index in [1.807, 2.05) is 0 Å². The van der Waals surface area contributed by atoms with Crippen molar-refractivity contribution in [2.24, 2.45) is 5.92 Å². The second kappa shape index (κ2) is 5.35. The molecule has 4 rings (SSSR count). The van der Waals surface area contributed by atoms with E-state index >= 15 is 0 Å². The van der Waals surface area contributed by atoms with Crippen LogP contribution < -0.4 is 0 Å². The summed E-state index contributed by atoms with van der Waals surface area (Å²) in [5, 5.41) is 20.1. The first kappa shape index (κ1) is 15.2. The van der Waals surface area contributed by atoms with Crippen molar-refractivity contribution in [2.45, 2.75) is 36.2 Å². The van der Waals surface area contributed by atoms with Crippen LogP contribution in [0.1, 0.15) is 19.3 Å². The number of carboxylic acid groups (broad SMARTS) is 1. The molecule has 1 aromatic heterocycles. The maximum atomic E-state index is 13.1. The highest BCUT2D eigenvalue weighted by molar-refractivity contribution is 7.89. The molecule has 10 heteroatoms. The highest BCUT2D eigenvalue weighted by atomic mass is 32.2. The topological polar surface area (TPSA) is 118 Å². The summed E-state index contributed by atoms with van der Waals surface area (Å²) in [7, 11) is -3.77. The average Bonchev–Trinajstić information content (AvgIpc) is 3.30. The maximum absolute atomic E-state index is 13.1. The predicted molar refractivity (Wildman–Crippen MR) is 80.7 cm³/mol. The SMILES string of the molecule is O=C(O)C1CC2CCC1N2S(=O)(=O)c1cccc(-n2cnnn2)c1. The fraction of sp³-hybridized carbons (Fsp3) is 0.429. The summed E-state index contributed by atoms with van der Waals surface area (Å²) in [6.45, 7) is 0. The fourth-order valence-electron chi connectivity index (χ4n) is 3.77. The van der Waals surface area contributed by atoms with Gasteiger partial charge in [0.05, 0.1) is 16.5 Å². The van der Waals surface area contributed by atoms with Gasteiger partial charge in [0.1, 0.15) is 6.33 Å². The van der Waals surface area contributed by atoms with Crippen LogP contribution in [0.4, 0.5) is 0 Å². The number of carbonyl (C=O) groups is 1. The fourth-order valence-corrected chi connectivity index (χ4v) is 5.72. The van der Waals surface area contributed by atoms with Gasteiger partial charge in [0.25, 0.3) is 0 Å². The molecule has 2 aliphatic heterocycles. The van der Waals surface area contributed by atoms with Gasteiger partial charge in [0, 0.05) is 12.1 Å². The van der Waals surface area contributed by atoms with E-state index in [-0.39, 0.29) is 10.9 Å². The Bertz CT molecular complexity index is 882. The number of aromatic nitrogens is 4. The van der Waals surface area contributed by atoms with E-state index in [0.29, 0.717) is 24.9 Å². The van der Waals surface area contributed by atoms with E-state index in [1.165, 1.54) is 27.4 Å². The minimum atomic E-state index is -3.77. The Morgan fingerprint density at radius 3 is 2.79 bits per heavy atom. The number of rotatable bonds is 4. The second-order valence-electron chi connectivity index (χ2n) is 6.07. The van der Waals surface area contributed by atoms with E-state index in [9.17, 15) is 18.3 Å². The molecule has 0 amide bonds. The lowest BCUT2D eigenvalue weighted by molar-refractivity contribution is -0.142. The van der Waals surface area contributed by atoms with Gasteiger partial charge in [0.2, 0.25) is 10.0 Å². The smallest absolute Gasteiger partial charge is 0.308 e. The van der Waals surface area contributed by atoms with Crippen molar-refractivity contribution in [1.82, 2.24) is 24.5 Å². The van der Waals surface area contributed by atoms with E-state index in [2.05, 4.69) is 15.5 Å². The molecule has 0 spiro atoms. The number of fused-ring (bicyclic) bond motifs is 2. The molecule has 2 fully saturated rings. The number of hydrogen-bond donors (Lipinski definition) is 1. The number of sulfonamides is 1. The lowest BCUT2D eigenvalue weighted by Crippen LogP contribution is -2.37. The predicted octanol–water partition coefficient (Wildman–Crippen LogP) is 0.288. The molecule has 2 aromatic rings. The summed E-state index contributed by atoms with van der Waals surface area (Å²) in [5.74, 6) is -1.55. The lowest BCUT2D eigenvalue weighted by Gasteiger charge is -2.22. The molecule has 3 unspecified atom stereocenters. The largest absolute Gasteiger partial charge is 0.481 e. The number of hydrogen-bond acceptors (Lipinski definition) is 6. The third-order valence-electron chi connectivity index (χ3n) is 4.80.